The molecule has 7 aromatic rings. The molecule has 0 unspecified atom stereocenters. The first-order valence-corrected chi connectivity index (χ1v) is 20.0. The zero-order valence-electron chi connectivity index (χ0n) is 35.8. The molecule has 336 valence electrons. The third-order valence-corrected chi connectivity index (χ3v) is 10.8. The van der Waals surface area contributed by atoms with Gasteiger partial charge in [-0.1, -0.05) is 19.1 Å². The number of benzene rings is 4. The summed E-state index contributed by atoms with van der Waals surface area (Å²) in [7, 11) is 5.04. The van der Waals surface area contributed by atoms with Crippen LogP contribution in [0, 0.1) is 23.3 Å². The van der Waals surface area contributed by atoms with E-state index in [-0.39, 0.29) is 72.9 Å². The minimum Gasteiger partial charge on any atom is -0.494 e. The van der Waals surface area contributed by atoms with Crippen LogP contribution in [0.15, 0.2) is 79.5 Å². The van der Waals surface area contributed by atoms with Crippen LogP contribution in [-0.2, 0) is 6.54 Å². The molecular weight excluding hydrogens is 853 g/mol. The summed E-state index contributed by atoms with van der Waals surface area (Å²) >= 11 is 0. The molecule has 4 aromatic carbocycles. The molecule has 19 heteroatoms. The quantitative estimate of drug-likeness (QED) is 0.114. The predicted octanol–water partition coefficient (Wildman–Crippen LogP) is 7.67. The summed E-state index contributed by atoms with van der Waals surface area (Å²) in [5, 5.41) is 12.1. The predicted molar refractivity (Wildman–Crippen MR) is 233 cm³/mol. The van der Waals surface area contributed by atoms with Gasteiger partial charge in [0.25, 0.3) is 5.91 Å². The minimum atomic E-state index is -1.22. The van der Waals surface area contributed by atoms with Crippen LogP contribution in [0.3, 0.4) is 0 Å². The number of carbonyl (C=O) groups is 2. The molecule has 1 amide bonds. The van der Waals surface area contributed by atoms with Crippen LogP contribution in [0.25, 0.3) is 44.3 Å². The number of carboxylic acid groups (broad SMARTS) is 1. The SMILES string of the molecule is CCN1CCN(Cc2ccc(NC(=O)c3ccc(-c4c(F)c(OC)cc(OC)c4F)c4nccnc34)cn2)CC1.COc1cc(OC)c(F)c(-c2ccc(C(=O)O)c3nccnc23)c1F. The maximum Gasteiger partial charge on any atom is 0.337 e. The number of hydrogen-bond donors (Lipinski definition) is 2. The van der Waals surface area contributed by atoms with Crippen molar-refractivity contribution < 1.29 is 51.2 Å². The lowest BCUT2D eigenvalue weighted by molar-refractivity contribution is 0.0698. The van der Waals surface area contributed by atoms with Gasteiger partial charge >= 0.3 is 5.97 Å². The number of aromatic carboxylic acids is 1. The maximum atomic E-state index is 15.3. The lowest BCUT2D eigenvalue weighted by Gasteiger charge is -2.33. The number of fused-ring (bicyclic) bond motifs is 2. The maximum absolute atomic E-state index is 15.3. The average Bonchev–Trinajstić information content (AvgIpc) is 3.32. The Balaban J connectivity index is 0.000000216. The standard InChI is InChI=1S/C29H30F2N6O3.C17H12F2N2O4/c1-4-36-11-13-37(14-12-36)17-19-6-5-18(16-34-19)35-29(38)21-8-7-20(27-28(21)33-10-9-32-27)24-25(30)22(39-2)15-23(40-3)26(24)31;1-24-10-7-11(25-2)14(19)12(13(10)18)8-3-4-9(17(22)23)16-15(8)20-5-6-21-16/h5-10,15-16H,4,11-14,17H2,1-3H3,(H,35,38);3-7H,1-2H3,(H,22,23). The van der Waals surface area contributed by atoms with E-state index in [2.05, 4.69) is 47.0 Å². The van der Waals surface area contributed by atoms with Crippen LogP contribution in [0.5, 0.6) is 23.0 Å². The molecule has 0 bridgehead atoms. The van der Waals surface area contributed by atoms with Crippen LogP contribution in [0.1, 0.15) is 33.3 Å². The molecular formula is C46H42F4N8O7. The van der Waals surface area contributed by atoms with E-state index in [0.717, 1.165) is 57.1 Å². The second-order valence-electron chi connectivity index (χ2n) is 14.4. The number of piperazine rings is 1. The number of anilines is 1. The number of hydrogen-bond acceptors (Lipinski definition) is 13. The molecule has 4 heterocycles. The first-order valence-electron chi connectivity index (χ1n) is 20.0. The van der Waals surface area contributed by atoms with Crippen LogP contribution in [0.4, 0.5) is 23.2 Å². The minimum absolute atomic E-state index is 0.0214. The first kappa shape index (κ1) is 45.5. The highest BCUT2D eigenvalue weighted by atomic mass is 19.1. The summed E-state index contributed by atoms with van der Waals surface area (Å²) in [5.41, 5.74) is 1.25. The summed E-state index contributed by atoms with van der Waals surface area (Å²) < 4.78 is 80.0. The number of pyridine rings is 1. The second kappa shape index (κ2) is 19.9. The number of halogens is 4. The molecule has 15 nitrogen and oxygen atoms in total. The van der Waals surface area contributed by atoms with E-state index >= 15 is 8.78 Å². The fourth-order valence-corrected chi connectivity index (χ4v) is 7.40. The number of ether oxygens (including phenoxy) is 4. The van der Waals surface area contributed by atoms with Gasteiger partial charge in [-0.05, 0) is 30.8 Å². The van der Waals surface area contributed by atoms with E-state index < -0.39 is 40.7 Å². The van der Waals surface area contributed by atoms with Crippen LogP contribution >= 0.6 is 0 Å². The third kappa shape index (κ3) is 9.27. The number of aromatic nitrogens is 5. The zero-order valence-corrected chi connectivity index (χ0v) is 35.8. The van der Waals surface area contributed by atoms with Gasteiger partial charge in [-0.25, -0.2) is 22.4 Å². The van der Waals surface area contributed by atoms with Crippen molar-refractivity contribution in [3.8, 4) is 45.3 Å². The van der Waals surface area contributed by atoms with Gasteiger partial charge in [0.05, 0.1) is 79.3 Å². The molecule has 0 radical (unpaired) electrons. The van der Waals surface area contributed by atoms with E-state index in [1.807, 2.05) is 6.07 Å². The summed E-state index contributed by atoms with van der Waals surface area (Å²) in [6, 6.07) is 11.3. The second-order valence-corrected chi connectivity index (χ2v) is 14.4. The van der Waals surface area contributed by atoms with Crippen molar-refractivity contribution in [1.29, 1.82) is 0 Å². The lowest BCUT2D eigenvalue weighted by Crippen LogP contribution is -2.45. The Morgan fingerprint density at radius 1 is 0.600 bits per heavy atom. The number of nitrogens with zero attached hydrogens (tertiary/aromatic N) is 7. The molecule has 0 atom stereocenters. The molecule has 0 spiro atoms. The summed E-state index contributed by atoms with van der Waals surface area (Å²) in [6.07, 6.45) is 7.04. The third-order valence-electron chi connectivity index (χ3n) is 10.8. The molecule has 1 aliphatic heterocycles. The Hall–Kier alpha value is -7.51. The summed E-state index contributed by atoms with van der Waals surface area (Å²) in [5.74, 6) is -6.20. The molecule has 8 rings (SSSR count). The van der Waals surface area contributed by atoms with Gasteiger partial charge in [0.15, 0.2) is 46.3 Å². The number of rotatable bonds is 12. The number of methoxy groups -OCH3 is 4. The van der Waals surface area contributed by atoms with Crippen molar-refractivity contribution in [3.63, 3.8) is 0 Å². The Labute approximate surface area is 369 Å². The fourth-order valence-electron chi connectivity index (χ4n) is 7.40. The largest absolute Gasteiger partial charge is 0.494 e. The Kier molecular flexibility index (Phi) is 13.9. The van der Waals surface area contributed by atoms with Crippen molar-refractivity contribution in [2.45, 2.75) is 13.5 Å². The Morgan fingerprint density at radius 2 is 1.03 bits per heavy atom. The normalized spacial score (nSPS) is 12.9. The molecule has 0 aliphatic carbocycles. The van der Waals surface area contributed by atoms with Crippen LogP contribution in [0.2, 0.25) is 0 Å². The van der Waals surface area contributed by atoms with Crippen molar-refractivity contribution in [3.05, 3.63) is 120 Å². The van der Waals surface area contributed by atoms with E-state index in [0.29, 0.717) is 5.69 Å². The van der Waals surface area contributed by atoms with Gasteiger partial charge in [0.1, 0.15) is 11.0 Å². The van der Waals surface area contributed by atoms with Crippen molar-refractivity contribution in [2.24, 2.45) is 0 Å². The molecule has 1 fully saturated rings. The smallest absolute Gasteiger partial charge is 0.337 e. The molecule has 1 aliphatic rings. The number of amides is 1. The van der Waals surface area contributed by atoms with Crippen molar-refractivity contribution in [1.82, 2.24) is 34.7 Å². The number of carbonyl (C=O) groups excluding carboxylic acids is 1. The van der Waals surface area contributed by atoms with E-state index in [9.17, 15) is 23.5 Å². The number of nitrogens with one attached hydrogen (secondary N) is 1. The van der Waals surface area contributed by atoms with Gasteiger partial charge in [0, 0.05) is 80.8 Å². The lowest BCUT2D eigenvalue weighted by atomic mass is 9.98. The molecule has 3 aromatic heterocycles. The highest BCUT2D eigenvalue weighted by molar-refractivity contribution is 6.13. The summed E-state index contributed by atoms with van der Waals surface area (Å²) in [6.45, 7) is 8.06. The van der Waals surface area contributed by atoms with Crippen molar-refractivity contribution in [2.75, 3.05) is 66.5 Å². The van der Waals surface area contributed by atoms with Crippen molar-refractivity contribution >= 4 is 39.6 Å². The zero-order chi connectivity index (χ0) is 46.4. The van der Waals surface area contributed by atoms with Gasteiger partial charge in [-0.15, -0.1) is 0 Å². The van der Waals surface area contributed by atoms with Gasteiger partial charge in [-0.2, -0.15) is 0 Å². The first-order chi connectivity index (χ1) is 31.4. The summed E-state index contributed by atoms with van der Waals surface area (Å²) in [4.78, 5) is 50.6. The van der Waals surface area contributed by atoms with E-state index in [1.54, 1.807) is 12.3 Å². The van der Waals surface area contributed by atoms with Crippen LogP contribution < -0.4 is 24.3 Å². The van der Waals surface area contributed by atoms with Gasteiger partial charge < -0.3 is 34.3 Å². The number of likely N-dealkylation sites (N-methyl/N-ethyl adjacent to an activating group) is 1. The van der Waals surface area contributed by atoms with E-state index in [4.69, 9.17) is 18.9 Å². The topological polar surface area (TPSA) is 174 Å². The number of carboxylic acids is 1. The molecule has 2 N–H and O–H groups in total. The highest BCUT2D eigenvalue weighted by Crippen LogP contribution is 2.42. The molecule has 0 saturated carbocycles. The Bertz CT molecular complexity index is 2840. The Morgan fingerprint density at radius 3 is 1.45 bits per heavy atom. The fraction of sp³-hybridized carbons (Fsp3) is 0.239. The van der Waals surface area contributed by atoms with E-state index in [1.165, 1.54) is 77.5 Å². The van der Waals surface area contributed by atoms with Gasteiger partial charge in [-0.3, -0.25) is 34.6 Å². The monoisotopic (exact) mass is 894 g/mol. The molecule has 1 saturated heterocycles. The van der Waals surface area contributed by atoms with Gasteiger partial charge in [0.2, 0.25) is 0 Å². The van der Waals surface area contributed by atoms with Crippen LogP contribution in [-0.4, -0.2) is 113 Å². The molecule has 65 heavy (non-hydrogen) atoms. The average molecular weight is 895 g/mol. The highest BCUT2D eigenvalue weighted by Gasteiger charge is 2.27.